The van der Waals surface area contributed by atoms with Gasteiger partial charge in [0.25, 0.3) is 0 Å². The Hall–Kier alpha value is -0.540. The number of hydrogen-bond acceptors (Lipinski definition) is 7. The summed E-state index contributed by atoms with van der Waals surface area (Å²) < 4.78 is 26.9. The van der Waals surface area contributed by atoms with Gasteiger partial charge in [0.2, 0.25) is 0 Å². The number of hydrogen-bond donors (Lipinski definition) is 2. The lowest BCUT2D eigenvalue weighted by Gasteiger charge is -2.24. The largest absolute Gasteiger partial charge is 0.472 e. The molecule has 26 heavy (non-hydrogen) atoms. The van der Waals surface area contributed by atoms with Crippen LogP contribution in [-0.4, -0.2) is 74.2 Å². The number of unbranched alkanes of at least 4 members (excludes halogenated alkanes) is 4. The second-order valence-electron chi connectivity index (χ2n) is 7.19. The first-order valence-electron chi connectivity index (χ1n) is 8.98. The summed E-state index contributed by atoms with van der Waals surface area (Å²) in [6, 6.07) is 0. The number of carbonyl (C=O) groups excluding carboxylic acids is 1. The summed E-state index contributed by atoms with van der Waals surface area (Å²) in [4.78, 5) is 25.3. The maximum atomic E-state index is 11.7. The molecule has 0 saturated carbocycles. The van der Waals surface area contributed by atoms with Crippen molar-refractivity contribution >= 4 is 13.8 Å². The van der Waals surface area contributed by atoms with E-state index in [1.54, 1.807) is 0 Å². The van der Waals surface area contributed by atoms with Crippen LogP contribution in [0.3, 0.4) is 0 Å². The number of quaternary nitrogens is 1. The molecule has 0 fully saturated rings. The van der Waals surface area contributed by atoms with E-state index >= 15 is 0 Å². The van der Waals surface area contributed by atoms with Gasteiger partial charge in [-0.1, -0.05) is 32.6 Å². The van der Waals surface area contributed by atoms with Crippen LogP contribution in [0.4, 0.5) is 0 Å². The van der Waals surface area contributed by atoms with Crippen LogP contribution in [0.5, 0.6) is 0 Å². The molecule has 9 nitrogen and oxygen atoms in total. The molecule has 0 heterocycles. The van der Waals surface area contributed by atoms with E-state index < -0.39 is 26.5 Å². The zero-order valence-corrected chi connectivity index (χ0v) is 17.3. The highest BCUT2D eigenvalue weighted by atomic mass is 31.2. The summed E-state index contributed by atoms with van der Waals surface area (Å²) in [6.45, 7) is 1.95. The van der Waals surface area contributed by atoms with Crippen molar-refractivity contribution in [1.82, 2.24) is 0 Å². The average Bonchev–Trinajstić information content (AvgIpc) is 2.53. The van der Waals surface area contributed by atoms with Crippen LogP contribution < -0.4 is 0 Å². The Kier molecular flexibility index (Phi) is 13.3. The normalized spacial score (nSPS) is 15.5. The molecule has 0 aromatic heterocycles. The lowest BCUT2D eigenvalue weighted by atomic mass is 10.1. The third kappa shape index (κ3) is 15.7. The van der Waals surface area contributed by atoms with Gasteiger partial charge in [-0.2, -0.15) is 0 Å². The van der Waals surface area contributed by atoms with E-state index in [2.05, 4.69) is 11.8 Å². The van der Waals surface area contributed by atoms with E-state index in [1.165, 1.54) is 0 Å². The molecule has 156 valence electrons. The first kappa shape index (κ1) is 25.5. The van der Waals surface area contributed by atoms with Gasteiger partial charge < -0.3 is 14.1 Å². The van der Waals surface area contributed by atoms with E-state index in [0.29, 0.717) is 11.0 Å². The lowest BCUT2D eigenvalue weighted by Crippen LogP contribution is -2.37. The van der Waals surface area contributed by atoms with Gasteiger partial charge in [-0.3, -0.25) is 19.1 Å². The van der Waals surface area contributed by atoms with Crippen LogP contribution in [0, 0.1) is 0 Å². The van der Waals surface area contributed by atoms with Crippen LogP contribution in [0.15, 0.2) is 0 Å². The van der Waals surface area contributed by atoms with E-state index in [4.69, 9.17) is 19.0 Å². The van der Waals surface area contributed by atoms with Crippen molar-refractivity contribution in [1.29, 1.82) is 0 Å². The molecule has 2 atom stereocenters. The predicted molar refractivity (Wildman–Crippen MR) is 96.5 cm³/mol. The molecular formula is C16H35NO8P+. The Morgan fingerprint density at radius 3 is 2.31 bits per heavy atom. The van der Waals surface area contributed by atoms with Crippen molar-refractivity contribution in [3.8, 4) is 0 Å². The quantitative estimate of drug-likeness (QED) is 0.102. The molecule has 0 amide bonds. The van der Waals surface area contributed by atoms with Crippen LogP contribution in [0.2, 0.25) is 0 Å². The molecule has 1 unspecified atom stereocenters. The summed E-state index contributed by atoms with van der Waals surface area (Å²) >= 11 is 0. The van der Waals surface area contributed by atoms with Gasteiger partial charge >= 0.3 is 13.8 Å². The second kappa shape index (κ2) is 13.6. The van der Waals surface area contributed by atoms with Gasteiger partial charge in [-0.15, -0.1) is 0 Å². The van der Waals surface area contributed by atoms with Gasteiger partial charge in [0.05, 0.1) is 27.7 Å². The Bertz CT molecular complexity index is 427. The number of likely N-dealkylation sites (N-methyl/N-ethyl adjacent to an activating group) is 1. The molecule has 0 aliphatic carbocycles. The zero-order valence-electron chi connectivity index (χ0n) is 16.4. The fourth-order valence-corrected chi connectivity index (χ4v) is 2.63. The zero-order chi connectivity index (χ0) is 20.1. The molecule has 10 heteroatoms. The van der Waals surface area contributed by atoms with Gasteiger partial charge in [0.15, 0.2) is 6.10 Å². The Morgan fingerprint density at radius 1 is 1.08 bits per heavy atom. The number of ether oxygens (including phenoxy) is 1. The number of phosphoric acid groups is 1. The molecule has 0 spiro atoms. The smallest absolute Gasteiger partial charge is 0.463 e. The molecule has 0 aliphatic rings. The first-order chi connectivity index (χ1) is 12.1. The molecule has 0 bridgehead atoms. The van der Waals surface area contributed by atoms with Gasteiger partial charge in [0, 0.05) is 6.42 Å². The van der Waals surface area contributed by atoms with Crippen LogP contribution in [0.25, 0.3) is 0 Å². The SMILES string of the molecule is CCCCCCCC(=O)OC[C@H](COP(=O)(O)OCC[N+](C)(C)C)OO. The van der Waals surface area contributed by atoms with E-state index in [9.17, 15) is 14.3 Å². The first-order valence-corrected chi connectivity index (χ1v) is 10.5. The average molecular weight is 400 g/mol. The number of carbonyl (C=O) groups is 1. The summed E-state index contributed by atoms with van der Waals surface area (Å²) in [6.07, 6.45) is 4.28. The maximum absolute atomic E-state index is 11.7. The lowest BCUT2D eigenvalue weighted by molar-refractivity contribution is -0.870. The number of nitrogens with zero attached hydrogens (tertiary/aromatic N) is 1. The molecule has 0 aromatic carbocycles. The van der Waals surface area contributed by atoms with Crippen molar-refractivity contribution in [2.24, 2.45) is 0 Å². The monoisotopic (exact) mass is 400 g/mol. The minimum absolute atomic E-state index is 0.0367. The van der Waals surface area contributed by atoms with Crippen LogP contribution in [-0.2, 0) is 28.0 Å². The maximum Gasteiger partial charge on any atom is 0.472 e. The third-order valence-corrected chi connectivity index (χ3v) is 4.49. The summed E-state index contributed by atoms with van der Waals surface area (Å²) in [5.41, 5.74) is 0. The number of esters is 1. The molecule has 0 rings (SSSR count). The summed E-state index contributed by atoms with van der Waals surface area (Å²) in [5, 5.41) is 8.81. The fraction of sp³-hybridized carbons (Fsp3) is 0.938. The van der Waals surface area contributed by atoms with Crippen molar-refractivity contribution in [2.75, 3.05) is 47.5 Å². The number of rotatable bonds is 16. The molecule has 0 aromatic rings. The minimum Gasteiger partial charge on any atom is -0.463 e. The molecule has 0 saturated heterocycles. The molecule has 2 N–H and O–H groups in total. The van der Waals surface area contributed by atoms with E-state index in [1.807, 2.05) is 21.1 Å². The second-order valence-corrected chi connectivity index (χ2v) is 8.64. The molecular weight excluding hydrogens is 365 g/mol. The van der Waals surface area contributed by atoms with Crippen molar-refractivity contribution in [3.63, 3.8) is 0 Å². The van der Waals surface area contributed by atoms with Crippen molar-refractivity contribution in [3.05, 3.63) is 0 Å². The van der Waals surface area contributed by atoms with Gasteiger partial charge in [-0.05, 0) is 6.42 Å². The van der Waals surface area contributed by atoms with E-state index in [0.717, 1.165) is 32.1 Å². The predicted octanol–water partition coefficient (Wildman–Crippen LogP) is 2.59. The van der Waals surface area contributed by atoms with Crippen molar-refractivity contribution in [2.45, 2.75) is 51.6 Å². The molecule has 0 aliphatic heterocycles. The third-order valence-electron chi connectivity index (χ3n) is 3.50. The highest BCUT2D eigenvalue weighted by Crippen LogP contribution is 2.43. The van der Waals surface area contributed by atoms with Gasteiger partial charge in [-0.25, -0.2) is 9.45 Å². The van der Waals surface area contributed by atoms with Crippen LogP contribution in [0.1, 0.15) is 45.4 Å². The summed E-state index contributed by atoms with van der Waals surface area (Å²) in [5.74, 6) is -0.407. The highest BCUT2D eigenvalue weighted by Gasteiger charge is 2.25. The fourth-order valence-electron chi connectivity index (χ4n) is 1.88. The summed E-state index contributed by atoms with van der Waals surface area (Å²) in [7, 11) is 1.49. The standard InChI is InChI=1S/C16H34NO8P/c1-5-6-7-8-9-10-16(18)22-13-15(25-19)14-24-26(20,21)23-12-11-17(2,3)4/h15H,5-14H2,1-4H3,(H-,19,20,21)/p+1/t15-/m1/s1. The topological polar surface area (TPSA) is 112 Å². The Balaban J connectivity index is 3.99. The van der Waals surface area contributed by atoms with Gasteiger partial charge in [0.1, 0.15) is 19.8 Å². The minimum atomic E-state index is -4.26. The Morgan fingerprint density at radius 2 is 1.73 bits per heavy atom. The Labute approximate surface area is 156 Å². The van der Waals surface area contributed by atoms with Crippen molar-refractivity contribution < 1.29 is 42.7 Å². The highest BCUT2D eigenvalue weighted by molar-refractivity contribution is 7.47. The molecule has 0 radical (unpaired) electrons. The van der Waals surface area contributed by atoms with Crippen LogP contribution >= 0.6 is 7.82 Å². The number of phosphoric ester groups is 1. The van der Waals surface area contributed by atoms with E-state index in [-0.39, 0.29) is 19.6 Å².